The third kappa shape index (κ3) is 4.16. The van der Waals surface area contributed by atoms with Gasteiger partial charge in [0.1, 0.15) is 0 Å². The lowest BCUT2D eigenvalue weighted by atomic mass is 10.2. The minimum absolute atomic E-state index is 0.0332. The van der Waals surface area contributed by atoms with Crippen molar-refractivity contribution in [3.05, 3.63) is 52.5 Å². The van der Waals surface area contributed by atoms with E-state index >= 15 is 0 Å². The Kier molecular flexibility index (Phi) is 5.23. The Morgan fingerprint density at radius 2 is 2.17 bits per heavy atom. The number of carbonyl (C=O) groups excluding carboxylic acids is 1. The molecule has 0 saturated heterocycles. The summed E-state index contributed by atoms with van der Waals surface area (Å²) < 4.78 is 0. The molecule has 0 saturated carbocycles. The zero-order valence-electron chi connectivity index (χ0n) is 9.83. The summed E-state index contributed by atoms with van der Waals surface area (Å²) in [5.74, 6) is 1.91. The smallest absolute Gasteiger partial charge is 0.251 e. The highest BCUT2D eigenvalue weighted by Gasteiger charge is 2.03. The monoisotopic (exact) mass is 278 g/mol. The number of thiophene rings is 1. The Bertz CT molecular complexity index is 471. The maximum atomic E-state index is 11.7. The average molecular weight is 278 g/mol. The molecule has 94 valence electrons. The molecule has 0 aliphatic heterocycles. The van der Waals surface area contributed by atoms with Gasteiger partial charge in [-0.3, -0.25) is 9.78 Å². The summed E-state index contributed by atoms with van der Waals surface area (Å²) >= 11 is 3.60. The van der Waals surface area contributed by atoms with E-state index in [1.165, 1.54) is 4.88 Å². The molecule has 2 aromatic rings. The fraction of sp³-hybridized carbons (Fsp3) is 0.231. The van der Waals surface area contributed by atoms with Gasteiger partial charge in [-0.2, -0.15) is 11.8 Å². The molecule has 2 rings (SSSR count). The summed E-state index contributed by atoms with van der Waals surface area (Å²) in [6.45, 7) is 0.692. The number of rotatable bonds is 6. The summed E-state index contributed by atoms with van der Waals surface area (Å²) in [5, 5.41) is 4.98. The van der Waals surface area contributed by atoms with Crippen LogP contribution in [0.3, 0.4) is 0 Å². The lowest BCUT2D eigenvalue weighted by Gasteiger charge is -2.04. The van der Waals surface area contributed by atoms with E-state index < -0.39 is 0 Å². The SMILES string of the molecule is O=C(NCCSCc1cccs1)c1ccncc1. The van der Waals surface area contributed by atoms with Gasteiger partial charge in [-0.05, 0) is 23.6 Å². The lowest BCUT2D eigenvalue weighted by molar-refractivity contribution is 0.0956. The van der Waals surface area contributed by atoms with Crippen LogP contribution in [0, 0.1) is 0 Å². The van der Waals surface area contributed by atoms with Crippen LogP contribution in [0.25, 0.3) is 0 Å². The fourth-order valence-corrected chi connectivity index (χ4v) is 3.11. The Morgan fingerprint density at radius 3 is 2.89 bits per heavy atom. The van der Waals surface area contributed by atoms with Gasteiger partial charge in [-0.25, -0.2) is 0 Å². The molecule has 2 heterocycles. The van der Waals surface area contributed by atoms with Gasteiger partial charge in [0.15, 0.2) is 0 Å². The zero-order chi connectivity index (χ0) is 12.6. The highest BCUT2D eigenvalue weighted by molar-refractivity contribution is 7.98. The van der Waals surface area contributed by atoms with Crippen LogP contribution in [0.5, 0.6) is 0 Å². The Balaban J connectivity index is 1.62. The Hall–Kier alpha value is -1.33. The molecular formula is C13H14N2OS2. The molecule has 2 aromatic heterocycles. The minimum Gasteiger partial charge on any atom is -0.351 e. The van der Waals surface area contributed by atoms with Crippen LogP contribution in [-0.4, -0.2) is 23.2 Å². The van der Waals surface area contributed by atoms with E-state index in [-0.39, 0.29) is 5.91 Å². The second-order valence-corrected chi connectivity index (χ2v) is 5.76. The van der Waals surface area contributed by atoms with E-state index in [0.29, 0.717) is 12.1 Å². The van der Waals surface area contributed by atoms with Gasteiger partial charge in [-0.15, -0.1) is 11.3 Å². The number of thioether (sulfide) groups is 1. The molecule has 0 aliphatic rings. The first-order valence-electron chi connectivity index (χ1n) is 5.64. The summed E-state index contributed by atoms with van der Waals surface area (Å²) in [4.78, 5) is 16.9. The molecule has 3 nitrogen and oxygen atoms in total. The van der Waals surface area contributed by atoms with Crippen molar-refractivity contribution in [2.75, 3.05) is 12.3 Å². The van der Waals surface area contributed by atoms with Gasteiger partial charge in [0.25, 0.3) is 5.91 Å². The molecule has 5 heteroatoms. The Labute approximate surface area is 115 Å². The highest BCUT2D eigenvalue weighted by Crippen LogP contribution is 2.16. The minimum atomic E-state index is -0.0332. The van der Waals surface area contributed by atoms with E-state index in [1.54, 1.807) is 35.9 Å². The molecule has 1 N–H and O–H groups in total. The summed E-state index contributed by atoms with van der Waals surface area (Å²) in [6, 6.07) is 7.63. The molecule has 1 amide bonds. The van der Waals surface area contributed by atoms with E-state index in [2.05, 4.69) is 27.8 Å². The van der Waals surface area contributed by atoms with Gasteiger partial charge in [0.05, 0.1) is 0 Å². The van der Waals surface area contributed by atoms with Crippen LogP contribution in [0.1, 0.15) is 15.2 Å². The first-order chi connectivity index (χ1) is 8.86. The van der Waals surface area contributed by atoms with Crippen molar-refractivity contribution in [3.63, 3.8) is 0 Å². The van der Waals surface area contributed by atoms with Crippen LogP contribution in [-0.2, 0) is 5.75 Å². The molecule has 0 aromatic carbocycles. The third-order valence-electron chi connectivity index (χ3n) is 2.30. The number of nitrogens with one attached hydrogen (secondary N) is 1. The van der Waals surface area contributed by atoms with Gasteiger partial charge in [0.2, 0.25) is 0 Å². The second kappa shape index (κ2) is 7.18. The van der Waals surface area contributed by atoms with Crippen molar-refractivity contribution >= 4 is 29.0 Å². The molecular weight excluding hydrogens is 264 g/mol. The third-order valence-corrected chi connectivity index (χ3v) is 4.37. The molecule has 18 heavy (non-hydrogen) atoms. The number of amides is 1. The maximum Gasteiger partial charge on any atom is 0.251 e. The van der Waals surface area contributed by atoms with Gasteiger partial charge in [0, 0.05) is 40.9 Å². The van der Waals surface area contributed by atoms with Crippen LogP contribution >= 0.6 is 23.1 Å². The molecule has 0 spiro atoms. The Morgan fingerprint density at radius 1 is 1.33 bits per heavy atom. The number of hydrogen-bond acceptors (Lipinski definition) is 4. The highest BCUT2D eigenvalue weighted by atomic mass is 32.2. The number of hydrogen-bond donors (Lipinski definition) is 1. The lowest BCUT2D eigenvalue weighted by Crippen LogP contribution is -2.25. The number of nitrogens with zero attached hydrogens (tertiary/aromatic N) is 1. The standard InChI is InChI=1S/C13H14N2OS2/c16-13(11-3-5-14-6-4-11)15-7-9-17-10-12-2-1-8-18-12/h1-6,8H,7,9-10H2,(H,15,16). The fourth-order valence-electron chi connectivity index (χ4n) is 1.41. The molecule has 0 radical (unpaired) electrons. The molecule has 0 atom stereocenters. The van der Waals surface area contributed by atoms with Gasteiger partial charge in [-0.1, -0.05) is 6.07 Å². The van der Waals surface area contributed by atoms with E-state index in [4.69, 9.17) is 0 Å². The van der Waals surface area contributed by atoms with Crippen molar-refractivity contribution < 1.29 is 4.79 Å². The van der Waals surface area contributed by atoms with Crippen LogP contribution in [0.15, 0.2) is 42.0 Å². The van der Waals surface area contributed by atoms with Crippen LogP contribution < -0.4 is 5.32 Å². The molecule has 0 aliphatic carbocycles. The van der Waals surface area contributed by atoms with Gasteiger partial charge < -0.3 is 5.32 Å². The zero-order valence-corrected chi connectivity index (χ0v) is 11.5. The predicted octanol–water partition coefficient (Wildman–Crippen LogP) is 2.81. The number of aromatic nitrogens is 1. The topological polar surface area (TPSA) is 42.0 Å². The average Bonchev–Trinajstić information content (AvgIpc) is 2.92. The van der Waals surface area contributed by atoms with Crippen LogP contribution in [0.2, 0.25) is 0 Å². The summed E-state index contributed by atoms with van der Waals surface area (Å²) in [6.07, 6.45) is 3.25. The summed E-state index contributed by atoms with van der Waals surface area (Å²) in [5.41, 5.74) is 0.660. The van der Waals surface area contributed by atoms with Crippen molar-refractivity contribution in [2.24, 2.45) is 0 Å². The van der Waals surface area contributed by atoms with Crippen molar-refractivity contribution in [3.8, 4) is 0 Å². The predicted molar refractivity (Wildman–Crippen MR) is 77.1 cm³/mol. The second-order valence-electron chi connectivity index (χ2n) is 3.62. The van der Waals surface area contributed by atoms with E-state index in [1.807, 2.05) is 11.8 Å². The van der Waals surface area contributed by atoms with Gasteiger partial charge >= 0.3 is 0 Å². The van der Waals surface area contributed by atoms with Crippen LogP contribution in [0.4, 0.5) is 0 Å². The van der Waals surface area contributed by atoms with Crippen molar-refractivity contribution in [1.29, 1.82) is 0 Å². The quantitative estimate of drug-likeness (QED) is 0.826. The maximum absolute atomic E-state index is 11.7. The van der Waals surface area contributed by atoms with E-state index in [9.17, 15) is 4.79 Å². The number of pyridine rings is 1. The molecule has 0 fully saturated rings. The summed E-state index contributed by atoms with van der Waals surface area (Å²) in [7, 11) is 0. The first-order valence-corrected chi connectivity index (χ1v) is 7.68. The molecule has 0 unspecified atom stereocenters. The normalized spacial score (nSPS) is 10.2. The first kappa shape index (κ1) is 13.1. The molecule has 0 bridgehead atoms. The van der Waals surface area contributed by atoms with Crippen molar-refractivity contribution in [2.45, 2.75) is 5.75 Å². The largest absolute Gasteiger partial charge is 0.351 e. The van der Waals surface area contributed by atoms with Crippen molar-refractivity contribution in [1.82, 2.24) is 10.3 Å². The number of carbonyl (C=O) groups is 1. The van der Waals surface area contributed by atoms with E-state index in [0.717, 1.165) is 11.5 Å².